The highest BCUT2D eigenvalue weighted by molar-refractivity contribution is 7.07. The SMILES string of the molecule is Cc1nn(CCO)c(C)c1CNCCc1ccsc1. The van der Waals surface area contributed by atoms with Gasteiger partial charge in [-0.2, -0.15) is 16.4 Å². The molecule has 2 aromatic heterocycles. The number of hydrogen-bond acceptors (Lipinski definition) is 4. The molecule has 5 heteroatoms. The molecule has 104 valence electrons. The Morgan fingerprint density at radius 3 is 2.95 bits per heavy atom. The zero-order valence-electron chi connectivity index (χ0n) is 11.5. The van der Waals surface area contributed by atoms with E-state index in [1.54, 1.807) is 11.3 Å². The van der Waals surface area contributed by atoms with Gasteiger partial charge in [0.2, 0.25) is 0 Å². The van der Waals surface area contributed by atoms with E-state index in [0.29, 0.717) is 6.54 Å². The number of nitrogens with zero attached hydrogens (tertiary/aromatic N) is 2. The van der Waals surface area contributed by atoms with Crippen LogP contribution in [0.2, 0.25) is 0 Å². The zero-order chi connectivity index (χ0) is 13.7. The van der Waals surface area contributed by atoms with E-state index < -0.39 is 0 Å². The maximum atomic E-state index is 8.99. The number of aromatic nitrogens is 2. The van der Waals surface area contributed by atoms with Gasteiger partial charge in [0.05, 0.1) is 18.8 Å². The quantitative estimate of drug-likeness (QED) is 0.761. The second-order valence-electron chi connectivity index (χ2n) is 4.65. The van der Waals surface area contributed by atoms with Crippen molar-refractivity contribution in [2.45, 2.75) is 33.4 Å². The van der Waals surface area contributed by atoms with Crippen LogP contribution in [0.25, 0.3) is 0 Å². The van der Waals surface area contributed by atoms with Crippen molar-refractivity contribution in [2.24, 2.45) is 0 Å². The molecule has 0 saturated heterocycles. The first-order valence-electron chi connectivity index (χ1n) is 6.58. The fourth-order valence-corrected chi connectivity index (χ4v) is 2.89. The Morgan fingerprint density at radius 1 is 1.42 bits per heavy atom. The summed E-state index contributed by atoms with van der Waals surface area (Å²) in [7, 11) is 0. The first-order chi connectivity index (χ1) is 9.22. The minimum absolute atomic E-state index is 0.132. The Balaban J connectivity index is 1.85. The van der Waals surface area contributed by atoms with Crippen LogP contribution < -0.4 is 5.32 Å². The number of rotatable bonds is 7. The fraction of sp³-hybridized carbons (Fsp3) is 0.500. The summed E-state index contributed by atoms with van der Waals surface area (Å²) in [5, 5.41) is 21.2. The van der Waals surface area contributed by atoms with Gasteiger partial charge in [0.1, 0.15) is 0 Å². The number of aliphatic hydroxyl groups excluding tert-OH is 1. The lowest BCUT2D eigenvalue weighted by molar-refractivity contribution is 0.267. The first kappa shape index (κ1) is 14.2. The van der Waals surface area contributed by atoms with E-state index in [1.165, 1.54) is 11.1 Å². The van der Waals surface area contributed by atoms with E-state index in [2.05, 4.69) is 34.2 Å². The molecule has 0 spiro atoms. The van der Waals surface area contributed by atoms with E-state index in [9.17, 15) is 0 Å². The molecular formula is C14H21N3OS. The molecule has 0 aromatic carbocycles. The average Bonchev–Trinajstić information content (AvgIpc) is 2.98. The normalized spacial score (nSPS) is 11.1. The highest BCUT2D eigenvalue weighted by Gasteiger charge is 2.10. The summed E-state index contributed by atoms with van der Waals surface area (Å²) < 4.78 is 1.88. The minimum Gasteiger partial charge on any atom is -0.394 e. The summed E-state index contributed by atoms with van der Waals surface area (Å²) in [6, 6.07) is 2.17. The highest BCUT2D eigenvalue weighted by Crippen LogP contribution is 2.12. The largest absolute Gasteiger partial charge is 0.394 e. The monoisotopic (exact) mass is 279 g/mol. The number of aliphatic hydroxyl groups is 1. The molecule has 0 aliphatic carbocycles. The lowest BCUT2D eigenvalue weighted by Crippen LogP contribution is -2.17. The molecule has 0 atom stereocenters. The summed E-state index contributed by atoms with van der Waals surface area (Å²) in [5.74, 6) is 0. The molecule has 2 N–H and O–H groups in total. The lowest BCUT2D eigenvalue weighted by Gasteiger charge is -2.05. The smallest absolute Gasteiger partial charge is 0.0644 e. The molecular weight excluding hydrogens is 258 g/mol. The van der Waals surface area contributed by atoms with Gasteiger partial charge in [0.25, 0.3) is 0 Å². The van der Waals surface area contributed by atoms with Crippen molar-refractivity contribution in [1.82, 2.24) is 15.1 Å². The van der Waals surface area contributed by atoms with Crippen molar-refractivity contribution in [1.29, 1.82) is 0 Å². The van der Waals surface area contributed by atoms with Crippen LogP contribution in [0.15, 0.2) is 16.8 Å². The molecule has 2 aromatic rings. The predicted molar refractivity (Wildman–Crippen MR) is 78.5 cm³/mol. The molecule has 0 radical (unpaired) electrons. The van der Waals surface area contributed by atoms with Crippen molar-refractivity contribution in [3.05, 3.63) is 39.3 Å². The second-order valence-corrected chi connectivity index (χ2v) is 5.43. The maximum absolute atomic E-state index is 8.99. The zero-order valence-corrected chi connectivity index (χ0v) is 12.3. The Bertz CT molecular complexity index is 505. The number of thiophene rings is 1. The maximum Gasteiger partial charge on any atom is 0.0644 e. The lowest BCUT2D eigenvalue weighted by atomic mass is 10.2. The molecule has 0 unspecified atom stereocenters. The molecule has 0 aliphatic heterocycles. The predicted octanol–water partition coefficient (Wildman–Crippen LogP) is 1.89. The van der Waals surface area contributed by atoms with E-state index in [0.717, 1.165) is 30.9 Å². The first-order valence-corrected chi connectivity index (χ1v) is 7.52. The summed E-state index contributed by atoms with van der Waals surface area (Å²) in [5.41, 5.74) is 4.84. The van der Waals surface area contributed by atoms with Gasteiger partial charge >= 0.3 is 0 Å². The van der Waals surface area contributed by atoms with Gasteiger partial charge in [-0.05, 0) is 49.2 Å². The van der Waals surface area contributed by atoms with Gasteiger partial charge in [-0.1, -0.05) is 0 Å². The van der Waals surface area contributed by atoms with E-state index in [4.69, 9.17) is 5.11 Å². The van der Waals surface area contributed by atoms with Gasteiger partial charge in [-0.3, -0.25) is 4.68 Å². The van der Waals surface area contributed by atoms with Crippen LogP contribution in [0.4, 0.5) is 0 Å². The molecule has 0 bridgehead atoms. The Kier molecular flexibility index (Phi) is 5.13. The van der Waals surface area contributed by atoms with Gasteiger partial charge < -0.3 is 10.4 Å². The Hall–Kier alpha value is -1.17. The van der Waals surface area contributed by atoms with Crippen LogP contribution in [0, 0.1) is 13.8 Å². The third kappa shape index (κ3) is 3.65. The summed E-state index contributed by atoms with van der Waals surface area (Å²) in [4.78, 5) is 0. The molecule has 4 nitrogen and oxygen atoms in total. The summed E-state index contributed by atoms with van der Waals surface area (Å²) >= 11 is 1.74. The Morgan fingerprint density at radius 2 is 2.26 bits per heavy atom. The number of hydrogen-bond donors (Lipinski definition) is 2. The molecule has 0 aliphatic rings. The number of aryl methyl sites for hydroxylation is 1. The van der Waals surface area contributed by atoms with Crippen LogP contribution in [-0.4, -0.2) is 28.0 Å². The molecule has 19 heavy (non-hydrogen) atoms. The number of nitrogens with one attached hydrogen (secondary N) is 1. The minimum atomic E-state index is 0.132. The third-order valence-corrected chi connectivity index (χ3v) is 4.05. The van der Waals surface area contributed by atoms with Crippen molar-refractivity contribution >= 4 is 11.3 Å². The van der Waals surface area contributed by atoms with Crippen LogP contribution in [0.3, 0.4) is 0 Å². The van der Waals surface area contributed by atoms with Gasteiger partial charge in [-0.15, -0.1) is 0 Å². The van der Waals surface area contributed by atoms with Crippen molar-refractivity contribution < 1.29 is 5.11 Å². The van der Waals surface area contributed by atoms with E-state index in [-0.39, 0.29) is 6.61 Å². The van der Waals surface area contributed by atoms with Gasteiger partial charge in [0.15, 0.2) is 0 Å². The molecule has 0 fully saturated rings. The fourth-order valence-electron chi connectivity index (χ4n) is 2.18. The summed E-state index contributed by atoms with van der Waals surface area (Å²) in [6.07, 6.45) is 1.06. The van der Waals surface area contributed by atoms with E-state index >= 15 is 0 Å². The molecule has 0 saturated carbocycles. The molecule has 2 heterocycles. The van der Waals surface area contributed by atoms with Crippen molar-refractivity contribution in [3.8, 4) is 0 Å². The van der Waals surface area contributed by atoms with Crippen molar-refractivity contribution in [2.75, 3.05) is 13.2 Å². The second kappa shape index (κ2) is 6.84. The van der Waals surface area contributed by atoms with Gasteiger partial charge in [-0.25, -0.2) is 0 Å². The third-order valence-electron chi connectivity index (χ3n) is 3.32. The van der Waals surface area contributed by atoms with Gasteiger partial charge in [0, 0.05) is 17.8 Å². The Labute approximate surface area is 118 Å². The standard InChI is InChI=1S/C14H21N3OS/c1-11-14(12(2)17(16-11)6-7-18)9-15-5-3-13-4-8-19-10-13/h4,8,10,15,18H,3,5-7,9H2,1-2H3. The van der Waals surface area contributed by atoms with Crippen LogP contribution in [0.1, 0.15) is 22.5 Å². The van der Waals surface area contributed by atoms with Crippen LogP contribution in [0.5, 0.6) is 0 Å². The van der Waals surface area contributed by atoms with Crippen molar-refractivity contribution in [3.63, 3.8) is 0 Å². The van der Waals surface area contributed by atoms with E-state index in [1.807, 2.05) is 11.6 Å². The molecule has 0 amide bonds. The van der Waals surface area contributed by atoms with Crippen LogP contribution >= 0.6 is 11.3 Å². The topological polar surface area (TPSA) is 50.1 Å². The van der Waals surface area contributed by atoms with Crippen LogP contribution in [-0.2, 0) is 19.5 Å². The summed E-state index contributed by atoms with van der Waals surface area (Å²) in [6.45, 7) is 6.60. The highest BCUT2D eigenvalue weighted by atomic mass is 32.1. The molecule has 2 rings (SSSR count). The average molecular weight is 279 g/mol.